The average molecular weight is 254 g/mol. The number of carboxylic acid groups (broad SMARTS) is 1. The predicted octanol–water partition coefficient (Wildman–Crippen LogP) is 0.116. The molecule has 0 aliphatic heterocycles. The number of nitriles is 1. The van der Waals surface area contributed by atoms with Gasteiger partial charge in [0.2, 0.25) is 10.0 Å². The third-order valence-electron chi connectivity index (χ3n) is 1.93. The molecular weight excluding hydrogens is 244 g/mol. The molecule has 0 fully saturated rings. The molecule has 0 amide bonds. The van der Waals surface area contributed by atoms with Crippen molar-refractivity contribution in [2.24, 2.45) is 0 Å². The summed E-state index contributed by atoms with van der Waals surface area (Å²) in [6.45, 7) is -0.664. The Kier molecular flexibility index (Phi) is 4.20. The fourth-order valence-electron chi connectivity index (χ4n) is 1.12. The van der Waals surface area contributed by atoms with Crippen LogP contribution in [0.15, 0.2) is 29.2 Å². The van der Waals surface area contributed by atoms with Crippen molar-refractivity contribution >= 4 is 16.0 Å². The molecule has 7 heteroatoms. The molecule has 0 bridgehead atoms. The topological polar surface area (TPSA) is 107 Å². The first-order valence-electron chi connectivity index (χ1n) is 4.63. The normalized spacial score (nSPS) is 10.8. The van der Waals surface area contributed by atoms with Gasteiger partial charge in [0.25, 0.3) is 0 Å². The fourth-order valence-corrected chi connectivity index (χ4v) is 2.09. The molecule has 1 rings (SSSR count). The van der Waals surface area contributed by atoms with Gasteiger partial charge in [-0.2, -0.15) is 9.98 Å². The summed E-state index contributed by atoms with van der Waals surface area (Å²) in [4.78, 5) is 10.2. The minimum atomic E-state index is -3.80. The Bertz CT molecular complexity index is 543. The summed E-state index contributed by atoms with van der Waals surface area (Å²) in [7, 11) is -3.80. The largest absolute Gasteiger partial charge is 0.480 e. The van der Waals surface area contributed by atoms with E-state index in [1.807, 2.05) is 10.8 Å². The monoisotopic (exact) mass is 254 g/mol. The molecule has 0 spiro atoms. The molecular formula is C10H10N2O4S. The lowest BCUT2D eigenvalue weighted by Gasteiger charge is -2.04. The van der Waals surface area contributed by atoms with E-state index in [2.05, 4.69) is 0 Å². The van der Waals surface area contributed by atoms with Crippen LogP contribution in [0.1, 0.15) is 5.56 Å². The minimum Gasteiger partial charge on any atom is -0.480 e. The van der Waals surface area contributed by atoms with Gasteiger partial charge in [0.1, 0.15) is 6.54 Å². The van der Waals surface area contributed by atoms with E-state index in [0.717, 1.165) is 0 Å². The number of hydrogen-bond donors (Lipinski definition) is 2. The lowest BCUT2D eigenvalue weighted by atomic mass is 10.2. The predicted molar refractivity (Wildman–Crippen MR) is 58.6 cm³/mol. The highest BCUT2D eigenvalue weighted by Gasteiger charge is 2.14. The van der Waals surface area contributed by atoms with E-state index in [4.69, 9.17) is 10.4 Å². The van der Waals surface area contributed by atoms with Crippen LogP contribution in [-0.2, 0) is 21.2 Å². The Morgan fingerprint density at radius 1 is 1.35 bits per heavy atom. The van der Waals surface area contributed by atoms with E-state index in [9.17, 15) is 13.2 Å². The lowest BCUT2D eigenvalue weighted by Crippen LogP contribution is -2.29. The van der Waals surface area contributed by atoms with Crippen molar-refractivity contribution in [2.45, 2.75) is 11.3 Å². The Morgan fingerprint density at radius 3 is 2.41 bits per heavy atom. The van der Waals surface area contributed by atoms with Crippen molar-refractivity contribution in [1.82, 2.24) is 4.72 Å². The van der Waals surface area contributed by atoms with Crippen molar-refractivity contribution in [1.29, 1.82) is 5.26 Å². The molecule has 90 valence electrons. The zero-order valence-corrected chi connectivity index (χ0v) is 9.57. The third kappa shape index (κ3) is 3.86. The zero-order valence-electron chi connectivity index (χ0n) is 8.75. The molecule has 0 saturated carbocycles. The summed E-state index contributed by atoms with van der Waals surface area (Å²) in [5.41, 5.74) is 0.699. The van der Waals surface area contributed by atoms with E-state index >= 15 is 0 Å². The number of carboxylic acids is 1. The first kappa shape index (κ1) is 13.2. The Morgan fingerprint density at radius 2 is 1.94 bits per heavy atom. The molecule has 0 heterocycles. The van der Waals surface area contributed by atoms with Gasteiger partial charge in [0, 0.05) is 0 Å². The van der Waals surface area contributed by atoms with Crippen LogP contribution >= 0.6 is 0 Å². The van der Waals surface area contributed by atoms with Crippen LogP contribution in [0.5, 0.6) is 0 Å². The highest BCUT2D eigenvalue weighted by atomic mass is 32.2. The molecule has 2 N–H and O–H groups in total. The molecule has 1 aromatic rings. The van der Waals surface area contributed by atoms with Gasteiger partial charge < -0.3 is 5.11 Å². The summed E-state index contributed by atoms with van der Waals surface area (Å²) in [6.07, 6.45) is 0.197. The van der Waals surface area contributed by atoms with E-state index in [0.29, 0.717) is 5.56 Å². The molecule has 6 nitrogen and oxygen atoms in total. The summed E-state index contributed by atoms with van der Waals surface area (Å²) >= 11 is 0. The second-order valence-electron chi connectivity index (χ2n) is 3.20. The Labute approximate surface area is 98.6 Å². The van der Waals surface area contributed by atoms with Gasteiger partial charge in [-0.25, -0.2) is 8.42 Å². The maximum atomic E-state index is 11.6. The van der Waals surface area contributed by atoms with Crippen molar-refractivity contribution in [3.8, 4) is 6.07 Å². The molecule has 0 saturated heterocycles. The molecule has 17 heavy (non-hydrogen) atoms. The first-order chi connectivity index (χ1) is 7.95. The van der Waals surface area contributed by atoms with E-state index in [-0.39, 0.29) is 11.3 Å². The number of carbonyl (C=O) groups is 1. The highest BCUT2D eigenvalue weighted by Crippen LogP contribution is 2.10. The number of nitrogens with one attached hydrogen (secondary N) is 1. The minimum absolute atomic E-state index is 0.0274. The molecule has 0 unspecified atom stereocenters. The van der Waals surface area contributed by atoms with Crippen LogP contribution in [0.3, 0.4) is 0 Å². The maximum Gasteiger partial charge on any atom is 0.318 e. The van der Waals surface area contributed by atoms with Gasteiger partial charge in [-0.3, -0.25) is 4.79 Å². The SMILES string of the molecule is N#CCc1ccc(S(=O)(=O)NCC(=O)O)cc1. The van der Waals surface area contributed by atoms with Gasteiger partial charge in [-0.15, -0.1) is 0 Å². The van der Waals surface area contributed by atoms with Crippen molar-refractivity contribution in [2.75, 3.05) is 6.54 Å². The smallest absolute Gasteiger partial charge is 0.318 e. The quantitative estimate of drug-likeness (QED) is 0.775. The van der Waals surface area contributed by atoms with Gasteiger partial charge >= 0.3 is 5.97 Å². The van der Waals surface area contributed by atoms with Crippen LogP contribution in [0.4, 0.5) is 0 Å². The number of benzene rings is 1. The van der Waals surface area contributed by atoms with Gasteiger partial charge in [-0.05, 0) is 17.7 Å². The zero-order chi connectivity index (χ0) is 12.9. The van der Waals surface area contributed by atoms with Gasteiger partial charge in [0.15, 0.2) is 0 Å². The van der Waals surface area contributed by atoms with Crippen LogP contribution < -0.4 is 4.72 Å². The number of hydrogen-bond acceptors (Lipinski definition) is 4. The summed E-state index contributed by atoms with van der Waals surface area (Å²) < 4.78 is 25.1. The van der Waals surface area contributed by atoms with Crippen molar-refractivity contribution in [3.63, 3.8) is 0 Å². The Balaban J connectivity index is 2.85. The number of sulfonamides is 1. The maximum absolute atomic E-state index is 11.6. The van der Waals surface area contributed by atoms with Crippen molar-refractivity contribution in [3.05, 3.63) is 29.8 Å². The fraction of sp³-hybridized carbons (Fsp3) is 0.200. The van der Waals surface area contributed by atoms with E-state index in [1.165, 1.54) is 24.3 Å². The molecule has 0 atom stereocenters. The third-order valence-corrected chi connectivity index (χ3v) is 3.35. The Hall–Kier alpha value is -1.91. The first-order valence-corrected chi connectivity index (χ1v) is 6.11. The van der Waals surface area contributed by atoms with Crippen LogP contribution in [-0.4, -0.2) is 26.0 Å². The van der Waals surface area contributed by atoms with E-state index in [1.54, 1.807) is 0 Å². The van der Waals surface area contributed by atoms with Gasteiger partial charge in [0.05, 0.1) is 17.4 Å². The molecule has 0 aliphatic rings. The average Bonchev–Trinajstić information content (AvgIpc) is 2.28. The highest BCUT2D eigenvalue weighted by molar-refractivity contribution is 7.89. The van der Waals surface area contributed by atoms with Crippen LogP contribution in [0, 0.1) is 11.3 Å². The second-order valence-corrected chi connectivity index (χ2v) is 4.96. The van der Waals surface area contributed by atoms with Crippen molar-refractivity contribution < 1.29 is 18.3 Å². The second kappa shape index (κ2) is 5.43. The standard InChI is InChI=1S/C10H10N2O4S/c11-6-5-8-1-3-9(4-2-8)17(15,16)12-7-10(13)14/h1-4,12H,5,7H2,(H,13,14). The van der Waals surface area contributed by atoms with Crippen LogP contribution in [0.25, 0.3) is 0 Å². The summed E-state index contributed by atoms with van der Waals surface area (Å²) in [6, 6.07) is 7.62. The lowest BCUT2D eigenvalue weighted by molar-refractivity contribution is -0.135. The summed E-state index contributed by atoms with van der Waals surface area (Å²) in [5.74, 6) is -1.25. The number of aliphatic carboxylic acids is 1. The molecule has 1 aromatic carbocycles. The summed E-state index contributed by atoms with van der Waals surface area (Å²) in [5, 5.41) is 16.8. The van der Waals surface area contributed by atoms with Crippen LogP contribution in [0.2, 0.25) is 0 Å². The number of rotatable bonds is 5. The molecule has 0 aliphatic carbocycles. The molecule has 0 radical (unpaired) electrons. The number of nitrogens with zero attached hydrogens (tertiary/aromatic N) is 1. The van der Waals surface area contributed by atoms with E-state index < -0.39 is 22.5 Å². The molecule has 0 aromatic heterocycles. The van der Waals surface area contributed by atoms with Gasteiger partial charge in [-0.1, -0.05) is 12.1 Å².